The van der Waals surface area contributed by atoms with Crippen LogP contribution in [0.25, 0.3) is 0 Å². The van der Waals surface area contributed by atoms with Crippen molar-refractivity contribution in [1.82, 2.24) is 0 Å². The molecule has 2 nitrogen and oxygen atoms in total. The van der Waals surface area contributed by atoms with Crippen LogP contribution in [-0.2, 0) is 0 Å². The van der Waals surface area contributed by atoms with E-state index in [4.69, 9.17) is 11.5 Å². The summed E-state index contributed by atoms with van der Waals surface area (Å²) in [6, 6.07) is 0.858. The van der Waals surface area contributed by atoms with Gasteiger partial charge in [0.15, 0.2) is 0 Å². The van der Waals surface area contributed by atoms with Gasteiger partial charge in [0.2, 0.25) is 0 Å². The summed E-state index contributed by atoms with van der Waals surface area (Å²) in [6.07, 6.45) is 5.83. The standard InChI is InChI=1S/C7H16N2.2ClH/c8-6-2-1-3-7(9)5-4-6;;/h6-7H,1-5,8-9H2;2*1H. The van der Waals surface area contributed by atoms with Crippen molar-refractivity contribution in [2.75, 3.05) is 0 Å². The van der Waals surface area contributed by atoms with Gasteiger partial charge in [-0.2, -0.15) is 0 Å². The van der Waals surface area contributed by atoms with Gasteiger partial charge in [0, 0.05) is 12.1 Å². The lowest BCUT2D eigenvalue weighted by molar-refractivity contribution is 0.564. The summed E-state index contributed by atoms with van der Waals surface area (Å²) in [5, 5.41) is 0. The normalized spacial score (nSPS) is 31.1. The minimum Gasteiger partial charge on any atom is -0.328 e. The highest BCUT2D eigenvalue weighted by atomic mass is 35.5. The van der Waals surface area contributed by atoms with Gasteiger partial charge in [-0.25, -0.2) is 0 Å². The predicted octanol–water partition coefficient (Wildman–Crippen LogP) is 1.45. The minimum atomic E-state index is 0. The van der Waals surface area contributed by atoms with Gasteiger partial charge in [0.1, 0.15) is 0 Å². The highest BCUT2D eigenvalue weighted by Gasteiger charge is 2.11. The van der Waals surface area contributed by atoms with Gasteiger partial charge in [-0.1, -0.05) is 6.42 Å². The molecule has 0 spiro atoms. The Hall–Kier alpha value is 0.500. The van der Waals surface area contributed by atoms with Crippen LogP contribution in [0.5, 0.6) is 0 Å². The van der Waals surface area contributed by atoms with E-state index in [1.807, 2.05) is 0 Å². The molecule has 1 saturated carbocycles. The van der Waals surface area contributed by atoms with Gasteiger partial charge < -0.3 is 11.5 Å². The zero-order valence-corrected chi connectivity index (χ0v) is 8.29. The maximum Gasteiger partial charge on any atom is 0.00394 e. The summed E-state index contributed by atoms with van der Waals surface area (Å²) in [6.45, 7) is 0. The van der Waals surface area contributed by atoms with Crippen LogP contribution < -0.4 is 11.5 Å². The van der Waals surface area contributed by atoms with Gasteiger partial charge in [0.05, 0.1) is 0 Å². The molecule has 4 N–H and O–H groups in total. The molecule has 0 aliphatic heterocycles. The van der Waals surface area contributed by atoms with E-state index in [2.05, 4.69) is 0 Å². The number of rotatable bonds is 0. The topological polar surface area (TPSA) is 52.0 Å². The first-order valence-corrected chi connectivity index (χ1v) is 3.80. The van der Waals surface area contributed by atoms with Gasteiger partial charge in [-0.15, -0.1) is 24.8 Å². The molecular formula is C7H18Cl2N2. The molecule has 11 heavy (non-hydrogen) atoms. The Labute approximate surface area is 80.9 Å². The second-order valence-corrected chi connectivity index (χ2v) is 3.03. The third-order valence-corrected chi connectivity index (χ3v) is 2.06. The molecule has 2 unspecified atom stereocenters. The second-order valence-electron chi connectivity index (χ2n) is 3.03. The van der Waals surface area contributed by atoms with Crippen LogP contribution in [0.4, 0.5) is 0 Å². The molecule has 1 rings (SSSR count). The third kappa shape index (κ3) is 5.74. The SMILES string of the molecule is Cl.Cl.NC1CCCC(N)CC1. The molecule has 1 aliphatic carbocycles. The Morgan fingerprint density at radius 1 is 0.727 bits per heavy atom. The van der Waals surface area contributed by atoms with E-state index in [-0.39, 0.29) is 24.8 Å². The van der Waals surface area contributed by atoms with Crippen LogP contribution in [0.3, 0.4) is 0 Å². The van der Waals surface area contributed by atoms with Crippen molar-refractivity contribution in [2.24, 2.45) is 11.5 Å². The first kappa shape index (κ1) is 14.0. The molecule has 0 aromatic carbocycles. The van der Waals surface area contributed by atoms with Crippen LogP contribution >= 0.6 is 24.8 Å². The summed E-state index contributed by atoms with van der Waals surface area (Å²) < 4.78 is 0. The van der Waals surface area contributed by atoms with Crippen molar-refractivity contribution >= 4 is 24.8 Å². The van der Waals surface area contributed by atoms with E-state index < -0.39 is 0 Å². The van der Waals surface area contributed by atoms with Crippen molar-refractivity contribution in [3.05, 3.63) is 0 Å². The average Bonchev–Trinajstić information content (AvgIpc) is 1.97. The highest BCUT2D eigenvalue weighted by molar-refractivity contribution is 5.85. The number of nitrogens with two attached hydrogens (primary N) is 2. The van der Waals surface area contributed by atoms with E-state index in [9.17, 15) is 0 Å². The first-order chi connectivity index (χ1) is 4.29. The van der Waals surface area contributed by atoms with Gasteiger partial charge in [0.25, 0.3) is 0 Å². The third-order valence-electron chi connectivity index (χ3n) is 2.06. The minimum absolute atomic E-state index is 0. The van der Waals surface area contributed by atoms with E-state index in [0.717, 1.165) is 12.8 Å². The summed E-state index contributed by atoms with van der Waals surface area (Å²) in [7, 11) is 0. The first-order valence-electron chi connectivity index (χ1n) is 3.80. The fraction of sp³-hybridized carbons (Fsp3) is 1.00. The van der Waals surface area contributed by atoms with E-state index in [1.54, 1.807) is 0 Å². The summed E-state index contributed by atoms with van der Waals surface area (Å²) in [5.41, 5.74) is 11.5. The Morgan fingerprint density at radius 3 is 1.45 bits per heavy atom. The molecule has 0 saturated heterocycles. The number of halogens is 2. The van der Waals surface area contributed by atoms with Crippen molar-refractivity contribution in [3.63, 3.8) is 0 Å². The van der Waals surface area contributed by atoms with Crippen LogP contribution in [0.2, 0.25) is 0 Å². The van der Waals surface area contributed by atoms with Crippen molar-refractivity contribution in [3.8, 4) is 0 Å². The van der Waals surface area contributed by atoms with Gasteiger partial charge >= 0.3 is 0 Å². The van der Waals surface area contributed by atoms with E-state index in [1.165, 1.54) is 19.3 Å². The molecule has 70 valence electrons. The zero-order valence-electron chi connectivity index (χ0n) is 6.66. The maximum absolute atomic E-state index is 5.74. The lowest BCUT2D eigenvalue weighted by Gasteiger charge is -2.05. The molecular weight excluding hydrogens is 183 g/mol. The molecule has 2 atom stereocenters. The van der Waals surface area contributed by atoms with Crippen molar-refractivity contribution < 1.29 is 0 Å². The number of hydrogen-bond donors (Lipinski definition) is 2. The van der Waals surface area contributed by atoms with Crippen LogP contribution in [0.1, 0.15) is 32.1 Å². The second kappa shape index (κ2) is 7.17. The summed E-state index contributed by atoms with van der Waals surface area (Å²) in [4.78, 5) is 0. The lowest BCUT2D eigenvalue weighted by Crippen LogP contribution is -2.21. The maximum atomic E-state index is 5.74. The van der Waals surface area contributed by atoms with Gasteiger partial charge in [-0.3, -0.25) is 0 Å². The van der Waals surface area contributed by atoms with Crippen LogP contribution in [-0.4, -0.2) is 12.1 Å². The summed E-state index contributed by atoms with van der Waals surface area (Å²) in [5.74, 6) is 0. The highest BCUT2D eigenvalue weighted by Crippen LogP contribution is 2.14. The molecule has 0 bridgehead atoms. The van der Waals surface area contributed by atoms with E-state index in [0.29, 0.717) is 12.1 Å². The number of hydrogen-bond acceptors (Lipinski definition) is 2. The molecule has 0 radical (unpaired) electrons. The quantitative estimate of drug-likeness (QED) is 0.583. The summed E-state index contributed by atoms with van der Waals surface area (Å²) >= 11 is 0. The molecule has 0 amide bonds. The fourth-order valence-corrected chi connectivity index (χ4v) is 1.36. The largest absolute Gasteiger partial charge is 0.328 e. The van der Waals surface area contributed by atoms with Crippen LogP contribution in [0, 0.1) is 0 Å². The Bertz CT molecular complexity index is 80.5. The van der Waals surface area contributed by atoms with Crippen molar-refractivity contribution in [1.29, 1.82) is 0 Å². The molecule has 4 heteroatoms. The Kier molecular flexibility index (Phi) is 9.15. The zero-order chi connectivity index (χ0) is 6.69. The Balaban J connectivity index is 0. The van der Waals surface area contributed by atoms with Crippen molar-refractivity contribution in [2.45, 2.75) is 44.2 Å². The molecule has 1 aliphatic rings. The molecule has 0 aromatic rings. The molecule has 1 fully saturated rings. The predicted molar refractivity (Wildman–Crippen MR) is 53.5 cm³/mol. The van der Waals surface area contributed by atoms with Gasteiger partial charge in [-0.05, 0) is 25.7 Å². The molecule has 0 heterocycles. The average molecular weight is 201 g/mol. The fourth-order valence-electron chi connectivity index (χ4n) is 1.36. The smallest absolute Gasteiger partial charge is 0.00394 e. The molecule has 0 aromatic heterocycles. The Morgan fingerprint density at radius 2 is 1.09 bits per heavy atom. The van der Waals surface area contributed by atoms with Crippen LogP contribution in [0.15, 0.2) is 0 Å². The monoisotopic (exact) mass is 200 g/mol. The van der Waals surface area contributed by atoms with E-state index >= 15 is 0 Å². The lowest BCUT2D eigenvalue weighted by atomic mass is 10.1.